The van der Waals surface area contributed by atoms with Crippen LogP contribution in [0.5, 0.6) is 0 Å². The minimum absolute atomic E-state index is 0.149. The van der Waals surface area contributed by atoms with Gasteiger partial charge in [0, 0.05) is 50.5 Å². The molecule has 1 aliphatic heterocycles. The first-order chi connectivity index (χ1) is 10.1. The first-order valence-electron chi connectivity index (χ1n) is 6.94. The van der Waals surface area contributed by atoms with Crippen molar-refractivity contribution in [3.63, 3.8) is 0 Å². The number of piperazine rings is 1. The molecule has 1 aliphatic rings. The van der Waals surface area contributed by atoms with Gasteiger partial charge >= 0.3 is 0 Å². The molecule has 2 N–H and O–H groups in total. The molecule has 2 rings (SSSR count). The van der Waals surface area contributed by atoms with E-state index < -0.39 is 34.9 Å². The van der Waals surface area contributed by atoms with Crippen LogP contribution in [0.4, 0.5) is 17.6 Å². The van der Waals surface area contributed by atoms with Crippen LogP contribution in [0.3, 0.4) is 0 Å². The maximum Gasteiger partial charge on any atom is 0.166 e. The standard InChI is InChI=1S/C14H18F4N2O/c15-9-8-10(16)14(18)12(13(9)17)11(2-1-7-21)20-5-3-19-4-6-20/h8,11,19,21H,1-7H2/t11-/m1/s1. The van der Waals surface area contributed by atoms with Gasteiger partial charge in [0.2, 0.25) is 0 Å². The molecular formula is C14H18F4N2O. The Hall–Kier alpha value is -1.18. The largest absolute Gasteiger partial charge is 0.396 e. The zero-order chi connectivity index (χ0) is 15.4. The van der Waals surface area contributed by atoms with E-state index in [2.05, 4.69) is 5.32 Å². The predicted molar refractivity (Wildman–Crippen MR) is 69.8 cm³/mol. The molecule has 1 heterocycles. The Labute approximate surface area is 120 Å². The summed E-state index contributed by atoms with van der Waals surface area (Å²) >= 11 is 0. The average molecular weight is 306 g/mol. The summed E-state index contributed by atoms with van der Waals surface area (Å²) in [5.74, 6) is -5.49. The highest BCUT2D eigenvalue weighted by Gasteiger charge is 2.30. The molecule has 3 nitrogen and oxygen atoms in total. The molecule has 1 saturated heterocycles. The number of hydrogen-bond donors (Lipinski definition) is 2. The summed E-state index contributed by atoms with van der Waals surface area (Å²) < 4.78 is 54.8. The van der Waals surface area contributed by atoms with E-state index in [9.17, 15) is 17.6 Å². The van der Waals surface area contributed by atoms with Crippen molar-refractivity contribution in [2.45, 2.75) is 18.9 Å². The van der Waals surface area contributed by atoms with Crippen molar-refractivity contribution in [2.24, 2.45) is 0 Å². The van der Waals surface area contributed by atoms with Crippen LogP contribution in [0.2, 0.25) is 0 Å². The number of nitrogens with zero attached hydrogens (tertiary/aromatic N) is 1. The molecule has 0 bridgehead atoms. The number of aliphatic hydroxyl groups excluding tert-OH is 1. The van der Waals surface area contributed by atoms with Crippen LogP contribution in [-0.4, -0.2) is 42.8 Å². The Morgan fingerprint density at radius 2 is 1.67 bits per heavy atom. The van der Waals surface area contributed by atoms with E-state index in [0.29, 0.717) is 32.6 Å². The van der Waals surface area contributed by atoms with Gasteiger partial charge in [0.1, 0.15) is 0 Å². The number of hydrogen-bond acceptors (Lipinski definition) is 3. The topological polar surface area (TPSA) is 35.5 Å². The van der Waals surface area contributed by atoms with E-state index in [0.717, 1.165) is 0 Å². The molecule has 0 unspecified atom stereocenters. The van der Waals surface area contributed by atoms with E-state index in [4.69, 9.17) is 5.11 Å². The van der Waals surface area contributed by atoms with Gasteiger partial charge in [0.15, 0.2) is 23.3 Å². The van der Waals surface area contributed by atoms with E-state index in [1.807, 2.05) is 0 Å². The molecule has 1 fully saturated rings. The minimum Gasteiger partial charge on any atom is -0.396 e. The zero-order valence-electron chi connectivity index (χ0n) is 11.5. The molecule has 0 radical (unpaired) electrons. The Balaban J connectivity index is 2.40. The molecule has 0 saturated carbocycles. The molecule has 0 aromatic heterocycles. The molecule has 0 amide bonds. The second kappa shape index (κ2) is 7.20. The van der Waals surface area contributed by atoms with Crippen molar-refractivity contribution in [3.8, 4) is 0 Å². The van der Waals surface area contributed by atoms with Crippen molar-refractivity contribution in [2.75, 3.05) is 32.8 Å². The van der Waals surface area contributed by atoms with Crippen LogP contribution in [-0.2, 0) is 0 Å². The lowest BCUT2D eigenvalue weighted by atomic mass is 9.98. The van der Waals surface area contributed by atoms with E-state index in [1.54, 1.807) is 4.90 Å². The van der Waals surface area contributed by atoms with Crippen molar-refractivity contribution >= 4 is 0 Å². The highest BCUT2D eigenvalue weighted by Crippen LogP contribution is 2.32. The smallest absolute Gasteiger partial charge is 0.166 e. The van der Waals surface area contributed by atoms with Crippen LogP contribution in [0.25, 0.3) is 0 Å². The van der Waals surface area contributed by atoms with Gasteiger partial charge in [-0.2, -0.15) is 0 Å². The summed E-state index contributed by atoms with van der Waals surface area (Å²) in [5, 5.41) is 12.0. The van der Waals surface area contributed by atoms with Crippen LogP contribution in [0.1, 0.15) is 24.4 Å². The van der Waals surface area contributed by atoms with Gasteiger partial charge in [-0.1, -0.05) is 0 Å². The van der Waals surface area contributed by atoms with Gasteiger partial charge in [-0.05, 0) is 12.8 Å². The summed E-state index contributed by atoms with van der Waals surface area (Å²) in [6.45, 7) is 2.16. The molecule has 0 aliphatic carbocycles. The van der Waals surface area contributed by atoms with Crippen molar-refractivity contribution in [1.29, 1.82) is 0 Å². The number of aliphatic hydroxyl groups is 1. The normalized spacial score (nSPS) is 18.0. The maximum absolute atomic E-state index is 14.0. The Bertz CT molecular complexity index is 466. The average Bonchev–Trinajstić information content (AvgIpc) is 2.49. The molecule has 7 heteroatoms. The van der Waals surface area contributed by atoms with E-state index in [1.165, 1.54) is 0 Å². The summed E-state index contributed by atoms with van der Waals surface area (Å²) in [4.78, 5) is 1.78. The summed E-state index contributed by atoms with van der Waals surface area (Å²) in [7, 11) is 0. The van der Waals surface area contributed by atoms with Gasteiger partial charge in [-0.25, -0.2) is 17.6 Å². The van der Waals surface area contributed by atoms with Gasteiger partial charge in [0.05, 0.1) is 0 Å². The van der Waals surface area contributed by atoms with Gasteiger partial charge < -0.3 is 10.4 Å². The molecular weight excluding hydrogens is 288 g/mol. The van der Waals surface area contributed by atoms with E-state index in [-0.39, 0.29) is 19.1 Å². The SMILES string of the molecule is OCCC[C@H](c1c(F)c(F)cc(F)c1F)N1CCNCC1. The number of rotatable bonds is 5. The molecule has 0 spiro atoms. The monoisotopic (exact) mass is 306 g/mol. The van der Waals surface area contributed by atoms with Gasteiger partial charge in [-0.3, -0.25) is 4.90 Å². The Morgan fingerprint density at radius 3 is 2.19 bits per heavy atom. The lowest BCUT2D eigenvalue weighted by Gasteiger charge is -2.35. The molecule has 1 aromatic carbocycles. The van der Waals surface area contributed by atoms with E-state index >= 15 is 0 Å². The van der Waals surface area contributed by atoms with Gasteiger partial charge in [0.25, 0.3) is 0 Å². The third kappa shape index (κ3) is 3.53. The number of halogens is 4. The van der Waals surface area contributed by atoms with Crippen molar-refractivity contribution in [1.82, 2.24) is 10.2 Å². The second-order valence-corrected chi connectivity index (χ2v) is 5.05. The van der Waals surface area contributed by atoms with Crippen LogP contribution in [0.15, 0.2) is 6.07 Å². The first kappa shape index (κ1) is 16.2. The minimum atomic E-state index is -1.40. The summed E-state index contributed by atoms with van der Waals surface area (Å²) in [5.41, 5.74) is -0.581. The molecule has 21 heavy (non-hydrogen) atoms. The summed E-state index contributed by atoms with van der Waals surface area (Å²) in [6.07, 6.45) is 0.527. The van der Waals surface area contributed by atoms with Crippen molar-refractivity contribution in [3.05, 3.63) is 34.9 Å². The van der Waals surface area contributed by atoms with Crippen molar-refractivity contribution < 1.29 is 22.7 Å². The fourth-order valence-corrected chi connectivity index (χ4v) is 2.67. The quantitative estimate of drug-likeness (QED) is 0.645. The third-order valence-corrected chi connectivity index (χ3v) is 3.71. The fourth-order valence-electron chi connectivity index (χ4n) is 2.67. The lowest BCUT2D eigenvalue weighted by molar-refractivity contribution is 0.147. The Kier molecular flexibility index (Phi) is 5.55. The highest BCUT2D eigenvalue weighted by atomic mass is 19.2. The van der Waals surface area contributed by atoms with Crippen LogP contribution < -0.4 is 5.32 Å². The van der Waals surface area contributed by atoms with Crippen LogP contribution in [0, 0.1) is 23.3 Å². The third-order valence-electron chi connectivity index (χ3n) is 3.71. The Morgan fingerprint density at radius 1 is 1.10 bits per heavy atom. The number of nitrogens with one attached hydrogen (secondary N) is 1. The zero-order valence-corrected chi connectivity index (χ0v) is 11.5. The molecule has 1 aromatic rings. The fraction of sp³-hybridized carbons (Fsp3) is 0.571. The maximum atomic E-state index is 14.0. The summed E-state index contributed by atoms with van der Waals surface area (Å²) in [6, 6.07) is -0.570. The lowest BCUT2D eigenvalue weighted by Crippen LogP contribution is -2.45. The molecule has 118 valence electrons. The highest BCUT2D eigenvalue weighted by molar-refractivity contribution is 5.26. The van der Waals surface area contributed by atoms with Gasteiger partial charge in [-0.15, -0.1) is 0 Å². The number of benzene rings is 1. The predicted octanol–water partition coefficient (Wildman–Crippen LogP) is 1.96. The molecule has 1 atom stereocenters. The second-order valence-electron chi connectivity index (χ2n) is 5.05. The first-order valence-corrected chi connectivity index (χ1v) is 6.94. The van der Waals surface area contributed by atoms with Crippen LogP contribution >= 0.6 is 0 Å².